The molecular weight excluding hydrogens is 348 g/mol. The van der Waals surface area contributed by atoms with Gasteiger partial charge in [-0.3, -0.25) is 9.69 Å². The summed E-state index contributed by atoms with van der Waals surface area (Å²) in [5, 5.41) is 0. The van der Waals surface area contributed by atoms with Crippen molar-refractivity contribution < 1.29 is 13.6 Å². The summed E-state index contributed by atoms with van der Waals surface area (Å²) in [6.45, 7) is 2.32. The van der Waals surface area contributed by atoms with Crippen LogP contribution >= 0.6 is 0 Å². The number of carbonyl (C=O) groups is 1. The van der Waals surface area contributed by atoms with Crippen LogP contribution in [0, 0.1) is 17.6 Å². The molecule has 2 aromatic carbocycles. The van der Waals surface area contributed by atoms with Gasteiger partial charge in [0.1, 0.15) is 17.3 Å². The Kier molecular flexibility index (Phi) is 4.93. The maximum absolute atomic E-state index is 14.1. The average molecular weight is 371 g/mol. The zero-order valence-corrected chi connectivity index (χ0v) is 15.0. The molecule has 2 N–H and O–H groups in total. The van der Waals surface area contributed by atoms with E-state index >= 15 is 0 Å². The first-order valence-electron chi connectivity index (χ1n) is 9.34. The molecule has 4 nitrogen and oxygen atoms in total. The second-order valence-corrected chi connectivity index (χ2v) is 7.33. The molecule has 1 unspecified atom stereocenters. The van der Waals surface area contributed by atoms with Gasteiger partial charge >= 0.3 is 0 Å². The molecule has 6 heteroatoms. The van der Waals surface area contributed by atoms with E-state index in [1.54, 1.807) is 0 Å². The molecule has 2 heterocycles. The Morgan fingerprint density at radius 2 is 1.70 bits per heavy atom. The molecule has 27 heavy (non-hydrogen) atoms. The predicted molar refractivity (Wildman–Crippen MR) is 100 cm³/mol. The molecule has 2 fully saturated rings. The number of rotatable bonds is 4. The molecule has 0 bridgehead atoms. The van der Waals surface area contributed by atoms with Gasteiger partial charge in [-0.15, -0.1) is 0 Å². The summed E-state index contributed by atoms with van der Waals surface area (Å²) >= 11 is 0. The van der Waals surface area contributed by atoms with E-state index in [9.17, 15) is 13.6 Å². The third-order valence-corrected chi connectivity index (χ3v) is 5.83. The maximum atomic E-state index is 14.1. The molecule has 0 aromatic heterocycles. The summed E-state index contributed by atoms with van der Waals surface area (Å²) in [6, 6.07) is 13.5. The SMILES string of the molecule is NC[C@@H]1CN(C2CCN(c3c(F)cccc3F)C2=O)C[C@H]1c1ccccc1. The smallest absolute Gasteiger partial charge is 0.244 e. The maximum Gasteiger partial charge on any atom is 0.244 e. The number of nitrogens with zero attached hydrogens (tertiary/aromatic N) is 2. The first kappa shape index (κ1) is 18.1. The number of carbonyl (C=O) groups excluding carboxylic acids is 1. The second-order valence-electron chi connectivity index (χ2n) is 7.33. The van der Waals surface area contributed by atoms with Crippen LogP contribution in [0.15, 0.2) is 48.5 Å². The van der Waals surface area contributed by atoms with Crippen molar-refractivity contribution in [2.24, 2.45) is 11.7 Å². The number of nitrogens with two attached hydrogens (primary N) is 1. The first-order chi connectivity index (χ1) is 13.1. The quantitative estimate of drug-likeness (QED) is 0.899. The number of benzene rings is 2. The van der Waals surface area contributed by atoms with Crippen molar-refractivity contribution in [2.45, 2.75) is 18.4 Å². The highest BCUT2D eigenvalue weighted by Gasteiger charge is 2.43. The molecule has 0 spiro atoms. The van der Waals surface area contributed by atoms with E-state index in [0.29, 0.717) is 19.5 Å². The molecule has 2 saturated heterocycles. The van der Waals surface area contributed by atoms with Crippen LogP contribution in [0.25, 0.3) is 0 Å². The van der Waals surface area contributed by atoms with Gasteiger partial charge in [-0.2, -0.15) is 0 Å². The Balaban J connectivity index is 1.54. The Morgan fingerprint density at radius 3 is 2.37 bits per heavy atom. The van der Waals surface area contributed by atoms with E-state index in [-0.39, 0.29) is 29.5 Å². The van der Waals surface area contributed by atoms with Crippen LogP contribution in [0.5, 0.6) is 0 Å². The van der Waals surface area contributed by atoms with Crippen LogP contribution in [-0.4, -0.2) is 43.0 Å². The minimum atomic E-state index is -0.701. The van der Waals surface area contributed by atoms with Gasteiger partial charge in [0.05, 0.1) is 6.04 Å². The van der Waals surface area contributed by atoms with Crippen molar-refractivity contribution in [1.29, 1.82) is 0 Å². The Hall–Kier alpha value is -2.31. The highest BCUT2D eigenvalue weighted by molar-refractivity contribution is 5.99. The van der Waals surface area contributed by atoms with E-state index < -0.39 is 11.6 Å². The number of anilines is 1. The van der Waals surface area contributed by atoms with Crippen molar-refractivity contribution in [2.75, 3.05) is 31.1 Å². The average Bonchev–Trinajstić information content (AvgIpc) is 3.26. The third-order valence-electron chi connectivity index (χ3n) is 5.83. The highest BCUT2D eigenvalue weighted by atomic mass is 19.1. The summed E-state index contributed by atoms with van der Waals surface area (Å²) in [4.78, 5) is 16.3. The lowest BCUT2D eigenvalue weighted by Crippen LogP contribution is -2.41. The lowest BCUT2D eigenvalue weighted by atomic mass is 9.89. The number of hydrogen-bond acceptors (Lipinski definition) is 3. The van der Waals surface area contributed by atoms with Crippen molar-refractivity contribution in [3.05, 3.63) is 65.7 Å². The Labute approximate surface area is 157 Å². The first-order valence-corrected chi connectivity index (χ1v) is 9.34. The monoisotopic (exact) mass is 371 g/mol. The fourth-order valence-electron chi connectivity index (χ4n) is 4.45. The summed E-state index contributed by atoms with van der Waals surface area (Å²) in [5.74, 6) is -1.11. The van der Waals surface area contributed by atoms with Gasteiger partial charge in [-0.25, -0.2) is 8.78 Å². The van der Waals surface area contributed by atoms with E-state index in [1.807, 2.05) is 18.2 Å². The number of halogens is 2. The minimum Gasteiger partial charge on any atom is -0.330 e. The van der Waals surface area contributed by atoms with Crippen LogP contribution in [0.2, 0.25) is 0 Å². The lowest BCUT2D eigenvalue weighted by Gasteiger charge is -2.24. The lowest BCUT2D eigenvalue weighted by molar-refractivity contribution is -0.121. The molecular formula is C21H23F2N3O. The number of hydrogen-bond donors (Lipinski definition) is 1. The highest BCUT2D eigenvalue weighted by Crippen LogP contribution is 2.36. The largest absolute Gasteiger partial charge is 0.330 e. The van der Waals surface area contributed by atoms with Gasteiger partial charge in [0, 0.05) is 25.6 Å². The number of amides is 1. The molecule has 2 aliphatic heterocycles. The van der Waals surface area contributed by atoms with Gasteiger partial charge in [-0.05, 0) is 36.6 Å². The molecule has 0 saturated carbocycles. The molecule has 3 atom stereocenters. The summed E-state index contributed by atoms with van der Waals surface area (Å²) in [5.41, 5.74) is 6.98. The second kappa shape index (κ2) is 7.37. The van der Waals surface area contributed by atoms with E-state index in [2.05, 4.69) is 17.0 Å². The van der Waals surface area contributed by atoms with Gasteiger partial charge in [0.25, 0.3) is 0 Å². The molecule has 2 aromatic rings. The molecule has 0 aliphatic carbocycles. The molecule has 1 amide bonds. The third kappa shape index (κ3) is 3.24. The molecule has 142 valence electrons. The Bertz CT molecular complexity index is 809. The number of likely N-dealkylation sites (tertiary alicyclic amines) is 1. The summed E-state index contributed by atoms with van der Waals surface area (Å²) in [7, 11) is 0. The van der Waals surface area contributed by atoms with E-state index in [4.69, 9.17) is 5.73 Å². The Morgan fingerprint density at radius 1 is 1.00 bits per heavy atom. The van der Waals surface area contributed by atoms with Gasteiger partial charge in [-0.1, -0.05) is 36.4 Å². The minimum absolute atomic E-state index is 0.233. The fraction of sp³-hybridized carbons (Fsp3) is 0.381. The van der Waals surface area contributed by atoms with E-state index in [0.717, 1.165) is 13.1 Å². The topological polar surface area (TPSA) is 49.6 Å². The van der Waals surface area contributed by atoms with Gasteiger partial charge in [0.15, 0.2) is 0 Å². The zero-order chi connectivity index (χ0) is 19.0. The zero-order valence-electron chi connectivity index (χ0n) is 15.0. The normalized spacial score (nSPS) is 26.1. The molecule has 2 aliphatic rings. The van der Waals surface area contributed by atoms with Crippen molar-refractivity contribution in [3.63, 3.8) is 0 Å². The van der Waals surface area contributed by atoms with Crippen molar-refractivity contribution in [3.8, 4) is 0 Å². The van der Waals surface area contributed by atoms with Crippen LogP contribution in [0.4, 0.5) is 14.5 Å². The van der Waals surface area contributed by atoms with Crippen molar-refractivity contribution in [1.82, 2.24) is 4.90 Å². The van der Waals surface area contributed by atoms with Crippen LogP contribution in [0.3, 0.4) is 0 Å². The predicted octanol–water partition coefficient (Wildman–Crippen LogP) is 2.74. The van der Waals surface area contributed by atoms with Gasteiger partial charge < -0.3 is 10.6 Å². The van der Waals surface area contributed by atoms with E-state index in [1.165, 1.54) is 28.7 Å². The number of para-hydroxylation sites is 1. The molecule has 0 radical (unpaired) electrons. The van der Waals surface area contributed by atoms with Crippen LogP contribution in [-0.2, 0) is 4.79 Å². The van der Waals surface area contributed by atoms with Crippen LogP contribution in [0.1, 0.15) is 17.9 Å². The van der Waals surface area contributed by atoms with Gasteiger partial charge in [0.2, 0.25) is 5.91 Å². The fourth-order valence-corrected chi connectivity index (χ4v) is 4.45. The van der Waals surface area contributed by atoms with Crippen molar-refractivity contribution >= 4 is 11.6 Å². The standard InChI is InChI=1S/C21H23F2N3O/c22-17-7-4-8-18(23)20(17)26-10-9-19(21(26)27)25-12-15(11-24)16(13-25)14-5-2-1-3-6-14/h1-8,15-16,19H,9-13,24H2/t15-,16+,19?/m1/s1. The van der Waals surface area contributed by atoms with Crippen LogP contribution < -0.4 is 10.6 Å². The summed E-state index contributed by atoms with van der Waals surface area (Å²) in [6.07, 6.45) is 0.561. The molecule has 4 rings (SSSR count). The summed E-state index contributed by atoms with van der Waals surface area (Å²) < 4.78 is 28.2.